The van der Waals surface area contributed by atoms with Crippen LogP contribution in [0, 0.1) is 0 Å². The van der Waals surface area contributed by atoms with E-state index in [1.807, 2.05) is 30.3 Å². The second-order valence-corrected chi connectivity index (χ2v) is 9.72. The zero-order valence-electron chi connectivity index (χ0n) is 16.0. The van der Waals surface area contributed by atoms with Crippen molar-refractivity contribution >= 4 is 26.8 Å². The molecule has 2 atom stereocenters. The predicted molar refractivity (Wildman–Crippen MR) is 108 cm³/mol. The summed E-state index contributed by atoms with van der Waals surface area (Å²) in [5.74, 6) is -0.0156. The highest BCUT2D eigenvalue weighted by Gasteiger charge is 2.52. The van der Waals surface area contributed by atoms with Gasteiger partial charge in [0, 0.05) is 30.7 Å². The van der Waals surface area contributed by atoms with Crippen LogP contribution in [0.15, 0.2) is 36.5 Å². The molecule has 1 amide bonds. The molecule has 2 aromatic rings. The van der Waals surface area contributed by atoms with Crippen LogP contribution < -0.4 is 10.0 Å². The number of rotatable bonds is 5. The summed E-state index contributed by atoms with van der Waals surface area (Å²) in [6.07, 6.45) is 6.26. The van der Waals surface area contributed by atoms with Gasteiger partial charge in [-0.25, -0.2) is 13.1 Å². The molecule has 0 aliphatic carbocycles. The Labute approximate surface area is 165 Å². The van der Waals surface area contributed by atoms with E-state index >= 15 is 0 Å². The predicted octanol–water partition coefficient (Wildman–Crippen LogP) is 1.40. The van der Waals surface area contributed by atoms with Crippen LogP contribution in [0.1, 0.15) is 31.2 Å². The first-order valence-electron chi connectivity index (χ1n) is 9.70. The molecule has 4 rings (SSSR count). The molecular weight excluding hydrogens is 376 g/mol. The second-order valence-electron chi connectivity index (χ2n) is 7.94. The van der Waals surface area contributed by atoms with Gasteiger partial charge in [0.1, 0.15) is 5.54 Å². The number of para-hydroxylation sites is 1. The minimum Gasteiger partial charge on any atom is -0.350 e. The lowest BCUT2D eigenvalue weighted by Gasteiger charge is -2.40. The number of carbonyl (C=O) groups excluding carboxylic acids is 1. The van der Waals surface area contributed by atoms with E-state index in [0.717, 1.165) is 42.3 Å². The summed E-state index contributed by atoms with van der Waals surface area (Å²) >= 11 is 0. The van der Waals surface area contributed by atoms with Gasteiger partial charge in [0.05, 0.1) is 11.8 Å². The number of pyridine rings is 1. The fourth-order valence-corrected chi connectivity index (χ4v) is 5.38. The van der Waals surface area contributed by atoms with Gasteiger partial charge in [0.15, 0.2) is 0 Å². The first-order valence-corrected chi connectivity index (χ1v) is 11.6. The smallest absolute Gasteiger partial charge is 0.240 e. The Hall–Kier alpha value is -2.03. The summed E-state index contributed by atoms with van der Waals surface area (Å²) in [4.78, 5) is 19.8. The number of amides is 1. The minimum absolute atomic E-state index is 0.0156. The maximum Gasteiger partial charge on any atom is 0.240 e. The molecule has 2 aliphatic heterocycles. The lowest BCUT2D eigenvalue weighted by Crippen LogP contribution is -2.57. The molecule has 2 aliphatic rings. The Bertz CT molecular complexity index is 994. The van der Waals surface area contributed by atoms with E-state index < -0.39 is 15.6 Å². The standard InChI is InChI=1S/C20H26N4O3S/c1-28(26,27)23-17-11-20(8-4-5-9-24(20)14-17)19(25)22-13-15-10-16-6-2-3-7-18(16)21-12-15/h2-3,6-7,10,12,17,23H,4-5,8-9,11,13-14H2,1H3,(H,22,25)/t17-,20-/m0/s1. The summed E-state index contributed by atoms with van der Waals surface area (Å²) < 4.78 is 26.0. The summed E-state index contributed by atoms with van der Waals surface area (Å²) in [5.41, 5.74) is 1.26. The Morgan fingerprint density at radius 2 is 2.14 bits per heavy atom. The Balaban J connectivity index is 1.48. The number of piperidine rings is 1. The number of nitrogens with zero attached hydrogens (tertiary/aromatic N) is 2. The fourth-order valence-electron chi connectivity index (χ4n) is 4.62. The van der Waals surface area contributed by atoms with Crippen LogP contribution in [0.2, 0.25) is 0 Å². The number of carbonyl (C=O) groups is 1. The Morgan fingerprint density at radius 1 is 1.32 bits per heavy atom. The Morgan fingerprint density at radius 3 is 2.96 bits per heavy atom. The van der Waals surface area contributed by atoms with Crippen LogP contribution >= 0.6 is 0 Å². The van der Waals surface area contributed by atoms with Gasteiger partial charge in [-0.15, -0.1) is 0 Å². The van der Waals surface area contributed by atoms with E-state index in [4.69, 9.17) is 0 Å². The molecule has 2 fully saturated rings. The monoisotopic (exact) mass is 402 g/mol. The molecule has 1 aromatic heterocycles. The van der Waals surface area contributed by atoms with Crippen LogP contribution in [0.25, 0.3) is 10.9 Å². The van der Waals surface area contributed by atoms with Crippen molar-refractivity contribution in [2.75, 3.05) is 19.3 Å². The van der Waals surface area contributed by atoms with Crippen LogP contribution in [-0.4, -0.2) is 55.1 Å². The van der Waals surface area contributed by atoms with Gasteiger partial charge in [-0.05, 0) is 49.9 Å². The maximum atomic E-state index is 13.2. The molecule has 7 nitrogen and oxygen atoms in total. The summed E-state index contributed by atoms with van der Waals surface area (Å²) in [6, 6.07) is 9.72. The molecule has 2 N–H and O–H groups in total. The first-order chi connectivity index (χ1) is 13.4. The van der Waals surface area contributed by atoms with Crippen molar-refractivity contribution in [2.45, 2.75) is 43.8 Å². The minimum atomic E-state index is -3.30. The van der Waals surface area contributed by atoms with Gasteiger partial charge in [0.2, 0.25) is 15.9 Å². The number of benzene rings is 1. The number of aromatic nitrogens is 1. The third-order valence-electron chi connectivity index (χ3n) is 5.80. The number of sulfonamides is 1. The summed E-state index contributed by atoms with van der Waals surface area (Å²) in [6.45, 7) is 1.82. The van der Waals surface area contributed by atoms with Crippen LogP contribution in [-0.2, 0) is 21.4 Å². The lowest BCUT2D eigenvalue weighted by atomic mass is 9.85. The van der Waals surface area contributed by atoms with Crippen molar-refractivity contribution in [2.24, 2.45) is 0 Å². The van der Waals surface area contributed by atoms with E-state index in [-0.39, 0.29) is 11.9 Å². The number of nitrogens with one attached hydrogen (secondary N) is 2. The van der Waals surface area contributed by atoms with Gasteiger partial charge in [-0.3, -0.25) is 14.7 Å². The summed E-state index contributed by atoms with van der Waals surface area (Å²) in [7, 11) is -3.30. The molecule has 0 radical (unpaired) electrons. The van der Waals surface area contributed by atoms with Gasteiger partial charge in [-0.2, -0.15) is 0 Å². The molecule has 0 spiro atoms. The molecule has 150 valence electrons. The van der Waals surface area contributed by atoms with Crippen molar-refractivity contribution in [1.29, 1.82) is 0 Å². The van der Waals surface area contributed by atoms with Crippen LogP contribution in [0.5, 0.6) is 0 Å². The average molecular weight is 403 g/mol. The molecule has 8 heteroatoms. The highest BCUT2D eigenvalue weighted by atomic mass is 32.2. The highest BCUT2D eigenvalue weighted by Crippen LogP contribution is 2.38. The van der Waals surface area contributed by atoms with Crippen molar-refractivity contribution in [3.05, 3.63) is 42.1 Å². The third kappa shape index (κ3) is 3.90. The van der Waals surface area contributed by atoms with Gasteiger partial charge < -0.3 is 5.32 Å². The third-order valence-corrected chi connectivity index (χ3v) is 6.56. The molecule has 2 saturated heterocycles. The van der Waals surface area contributed by atoms with Gasteiger partial charge >= 0.3 is 0 Å². The molecule has 28 heavy (non-hydrogen) atoms. The molecule has 0 saturated carbocycles. The molecule has 0 bridgehead atoms. The molecule has 0 unspecified atom stereocenters. The molecule has 1 aromatic carbocycles. The largest absolute Gasteiger partial charge is 0.350 e. The average Bonchev–Trinajstić information content (AvgIpc) is 3.03. The number of hydrogen-bond donors (Lipinski definition) is 2. The van der Waals surface area contributed by atoms with Crippen molar-refractivity contribution in [1.82, 2.24) is 19.9 Å². The quantitative estimate of drug-likeness (QED) is 0.789. The van der Waals surface area contributed by atoms with Crippen molar-refractivity contribution < 1.29 is 13.2 Å². The van der Waals surface area contributed by atoms with Crippen molar-refractivity contribution in [3.63, 3.8) is 0 Å². The SMILES string of the molecule is CS(=O)(=O)N[C@@H]1CN2CCCC[C@@]2(C(=O)NCc2cnc3ccccc3c2)C1. The maximum absolute atomic E-state index is 13.2. The second kappa shape index (κ2) is 7.42. The molecule has 3 heterocycles. The topological polar surface area (TPSA) is 91.4 Å². The fraction of sp³-hybridized carbons (Fsp3) is 0.500. The summed E-state index contributed by atoms with van der Waals surface area (Å²) in [5, 5.41) is 4.13. The van der Waals surface area contributed by atoms with E-state index in [9.17, 15) is 13.2 Å². The highest BCUT2D eigenvalue weighted by molar-refractivity contribution is 7.88. The van der Waals surface area contributed by atoms with Crippen LogP contribution in [0.4, 0.5) is 0 Å². The van der Waals surface area contributed by atoms with Gasteiger partial charge in [-0.1, -0.05) is 18.2 Å². The number of fused-ring (bicyclic) bond motifs is 2. The van der Waals surface area contributed by atoms with E-state index in [1.54, 1.807) is 6.20 Å². The van der Waals surface area contributed by atoms with E-state index in [0.29, 0.717) is 19.5 Å². The molecular formula is C20H26N4O3S. The normalized spacial score (nSPS) is 25.5. The zero-order valence-corrected chi connectivity index (χ0v) is 16.8. The van der Waals surface area contributed by atoms with E-state index in [1.165, 1.54) is 6.26 Å². The Kier molecular flexibility index (Phi) is 5.11. The van der Waals surface area contributed by atoms with Gasteiger partial charge in [0.25, 0.3) is 0 Å². The van der Waals surface area contributed by atoms with Crippen LogP contribution in [0.3, 0.4) is 0 Å². The lowest BCUT2D eigenvalue weighted by molar-refractivity contribution is -0.134. The zero-order chi connectivity index (χ0) is 19.8. The first kappa shape index (κ1) is 19.3. The van der Waals surface area contributed by atoms with Crippen molar-refractivity contribution in [3.8, 4) is 0 Å². The van der Waals surface area contributed by atoms with E-state index in [2.05, 4.69) is 19.9 Å². The number of hydrogen-bond acceptors (Lipinski definition) is 5.